The Morgan fingerprint density at radius 1 is 1.35 bits per heavy atom. The van der Waals surface area contributed by atoms with Crippen molar-refractivity contribution in [2.45, 2.75) is 31.6 Å². The van der Waals surface area contributed by atoms with Crippen molar-refractivity contribution >= 4 is 29.1 Å². The molecule has 0 saturated heterocycles. The lowest BCUT2D eigenvalue weighted by Crippen LogP contribution is -2.10. The fourth-order valence-electron chi connectivity index (χ4n) is 2.51. The van der Waals surface area contributed by atoms with E-state index in [1.807, 2.05) is 18.4 Å². The lowest BCUT2D eigenvalue weighted by Gasteiger charge is -2.09. The van der Waals surface area contributed by atoms with E-state index in [-0.39, 0.29) is 21.6 Å². The number of nitrogens with zero attached hydrogens (tertiary/aromatic N) is 2. The number of aryl methyl sites for hydroxylation is 1. The average molecular weight is 407 g/mol. The van der Waals surface area contributed by atoms with Gasteiger partial charge in [-0.05, 0) is 26.0 Å². The Morgan fingerprint density at radius 2 is 2.04 bits per heavy atom. The van der Waals surface area contributed by atoms with Crippen LogP contribution in [-0.2, 0) is 17.5 Å². The third-order valence-corrected chi connectivity index (χ3v) is 5.27. The van der Waals surface area contributed by atoms with E-state index in [1.54, 1.807) is 13.2 Å². The maximum absolute atomic E-state index is 12.6. The highest BCUT2D eigenvalue weighted by molar-refractivity contribution is 8.00. The molecule has 0 bridgehead atoms. The van der Waals surface area contributed by atoms with Crippen molar-refractivity contribution in [3.05, 3.63) is 45.9 Å². The summed E-state index contributed by atoms with van der Waals surface area (Å²) in [6.07, 6.45) is -3.79. The van der Waals surface area contributed by atoms with E-state index in [0.717, 1.165) is 35.4 Å². The van der Waals surface area contributed by atoms with Gasteiger partial charge in [-0.3, -0.25) is 4.79 Å². The maximum atomic E-state index is 12.6. The van der Waals surface area contributed by atoms with Gasteiger partial charge in [-0.15, -0.1) is 0 Å². The normalized spacial score (nSPS) is 11.8. The van der Waals surface area contributed by atoms with Crippen LogP contribution in [0.25, 0.3) is 0 Å². The van der Waals surface area contributed by atoms with Crippen molar-refractivity contribution in [2.24, 2.45) is 0 Å². The standard InChI is InChI=1S/C17H18ClF3N2O2S/c1-10-6-13(11(2)23(10)4-5-25-3)15(24)9-26-16-14(18)7-12(8-22-16)17(19,20)21/h6-8H,4-5,9H2,1-3H3. The van der Waals surface area contributed by atoms with Crippen molar-refractivity contribution in [3.8, 4) is 0 Å². The van der Waals surface area contributed by atoms with Crippen LogP contribution in [0, 0.1) is 13.8 Å². The fraction of sp³-hybridized carbons (Fsp3) is 0.412. The topological polar surface area (TPSA) is 44.1 Å². The summed E-state index contributed by atoms with van der Waals surface area (Å²) in [5.41, 5.74) is 1.43. The number of ether oxygens (including phenoxy) is 1. The highest BCUT2D eigenvalue weighted by Crippen LogP contribution is 2.34. The van der Waals surface area contributed by atoms with Gasteiger partial charge in [-0.25, -0.2) is 4.98 Å². The molecule has 0 amide bonds. The number of methoxy groups -OCH3 is 1. The van der Waals surface area contributed by atoms with Gasteiger partial charge < -0.3 is 9.30 Å². The van der Waals surface area contributed by atoms with Crippen LogP contribution in [0.3, 0.4) is 0 Å². The van der Waals surface area contributed by atoms with E-state index in [9.17, 15) is 18.0 Å². The number of carbonyl (C=O) groups is 1. The Bertz CT molecular complexity index is 806. The second-order valence-electron chi connectivity index (χ2n) is 5.65. The van der Waals surface area contributed by atoms with Crippen LogP contribution in [-0.4, -0.2) is 34.8 Å². The molecular weight excluding hydrogens is 389 g/mol. The lowest BCUT2D eigenvalue weighted by molar-refractivity contribution is -0.137. The van der Waals surface area contributed by atoms with E-state index >= 15 is 0 Å². The fourth-order valence-corrected chi connectivity index (χ4v) is 3.59. The molecule has 0 radical (unpaired) electrons. The predicted molar refractivity (Wildman–Crippen MR) is 95.1 cm³/mol. The van der Waals surface area contributed by atoms with Gasteiger partial charge in [0.15, 0.2) is 5.78 Å². The number of rotatable bonds is 7. The van der Waals surface area contributed by atoms with Gasteiger partial charge in [0, 0.05) is 36.8 Å². The summed E-state index contributed by atoms with van der Waals surface area (Å²) in [6.45, 7) is 4.93. The monoisotopic (exact) mass is 406 g/mol. The smallest absolute Gasteiger partial charge is 0.383 e. The number of aromatic nitrogens is 2. The number of carbonyl (C=O) groups excluding carboxylic acids is 1. The number of pyridine rings is 1. The Morgan fingerprint density at radius 3 is 2.62 bits per heavy atom. The van der Waals surface area contributed by atoms with Crippen LogP contribution in [0.15, 0.2) is 23.4 Å². The summed E-state index contributed by atoms with van der Waals surface area (Å²) in [7, 11) is 1.61. The van der Waals surface area contributed by atoms with Crippen LogP contribution in [0.1, 0.15) is 27.3 Å². The second kappa shape index (κ2) is 8.45. The Balaban J connectivity index is 2.10. The number of thioether (sulfide) groups is 1. The Labute approximate surface area is 158 Å². The molecule has 0 atom stereocenters. The minimum Gasteiger partial charge on any atom is -0.383 e. The van der Waals surface area contributed by atoms with Crippen molar-refractivity contribution < 1.29 is 22.7 Å². The molecule has 2 heterocycles. The van der Waals surface area contributed by atoms with Crippen molar-refractivity contribution in [1.29, 1.82) is 0 Å². The summed E-state index contributed by atoms with van der Waals surface area (Å²) in [4.78, 5) is 16.2. The molecule has 2 rings (SSSR count). The number of hydrogen-bond acceptors (Lipinski definition) is 4. The number of alkyl halides is 3. The minimum atomic E-state index is -4.50. The molecule has 0 aromatic carbocycles. The van der Waals surface area contributed by atoms with Crippen LogP contribution >= 0.6 is 23.4 Å². The molecule has 0 aliphatic rings. The molecule has 142 valence electrons. The summed E-state index contributed by atoms with van der Waals surface area (Å²) < 4.78 is 45.0. The molecule has 4 nitrogen and oxygen atoms in total. The zero-order valence-corrected chi connectivity index (χ0v) is 16.1. The van der Waals surface area contributed by atoms with Gasteiger partial charge in [-0.2, -0.15) is 13.2 Å². The zero-order valence-electron chi connectivity index (χ0n) is 14.5. The highest BCUT2D eigenvalue weighted by Gasteiger charge is 2.31. The molecule has 0 unspecified atom stereocenters. The summed E-state index contributed by atoms with van der Waals surface area (Å²) in [6, 6.07) is 2.62. The molecule has 0 saturated carbocycles. The number of Topliss-reactive ketones (excluding diaryl/α,β-unsaturated/α-hetero) is 1. The third kappa shape index (κ3) is 4.81. The maximum Gasteiger partial charge on any atom is 0.417 e. The van der Waals surface area contributed by atoms with E-state index in [1.165, 1.54) is 0 Å². The van der Waals surface area contributed by atoms with E-state index in [2.05, 4.69) is 4.98 Å². The van der Waals surface area contributed by atoms with Gasteiger partial charge >= 0.3 is 6.18 Å². The molecule has 0 N–H and O–H groups in total. The van der Waals surface area contributed by atoms with Gasteiger partial charge in [-0.1, -0.05) is 23.4 Å². The first-order chi connectivity index (χ1) is 12.1. The zero-order chi connectivity index (χ0) is 19.5. The third-order valence-electron chi connectivity index (χ3n) is 3.87. The summed E-state index contributed by atoms with van der Waals surface area (Å²) in [5.74, 6) is -0.100. The van der Waals surface area contributed by atoms with E-state index in [0.29, 0.717) is 18.7 Å². The molecular formula is C17H18ClF3N2O2S. The minimum absolute atomic E-state index is 0.0344. The molecule has 0 fully saturated rings. The first-order valence-corrected chi connectivity index (χ1v) is 9.06. The lowest BCUT2D eigenvalue weighted by atomic mass is 10.2. The Hall–Kier alpha value is -1.51. The van der Waals surface area contributed by atoms with Gasteiger partial charge in [0.1, 0.15) is 5.03 Å². The Kier molecular flexibility index (Phi) is 6.76. The molecule has 0 spiro atoms. The number of halogens is 4. The summed E-state index contributed by atoms with van der Waals surface area (Å²) in [5, 5.41) is 0.0735. The summed E-state index contributed by atoms with van der Waals surface area (Å²) >= 11 is 6.89. The van der Waals surface area contributed by atoms with Gasteiger partial charge in [0.25, 0.3) is 0 Å². The van der Waals surface area contributed by atoms with Gasteiger partial charge in [0.05, 0.1) is 22.9 Å². The molecule has 9 heteroatoms. The largest absolute Gasteiger partial charge is 0.417 e. The quantitative estimate of drug-likeness (QED) is 0.489. The van der Waals surface area contributed by atoms with Crippen molar-refractivity contribution in [2.75, 3.05) is 19.5 Å². The van der Waals surface area contributed by atoms with Crippen LogP contribution in [0.2, 0.25) is 5.02 Å². The highest BCUT2D eigenvalue weighted by atomic mass is 35.5. The van der Waals surface area contributed by atoms with E-state index < -0.39 is 11.7 Å². The molecule has 26 heavy (non-hydrogen) atoms. The second-order valence-corrected chi connectivity index (χ2v) is 7.02. The average Bonchev–Trinajstić information content (AvgIpc) is 2.85. The molecule has 0 aliphatic heterocycles. The predicted octanol–water partition coefficient (Wildman–Crippen LogP) is 4.79. The molecule has 0 aliphatic carbocycles. The van der Waals surface area contributed by atoms with Crippen LogP contribution < -0.4 is 0 Å². The van der Waals surface area contributed by atoms with Crippen molar-refractivity contribution in [3.63, 3.8) is 0 Å². The van der Waals surface area contributed by atoms with Crippen LogP contribution in [0.5, 0.6) is 0 Å². The first kappa shape index (κ1) is 20.8. The van der Waals surface area contributed by atoms with E-state index in [4.69, 9.17) is 16.3 Å². The van der Waals surface area contributed by atoms with Gasteiger partial charge in [0.2, 0.25) is 0 Å². The number of hydrogen-bond donors (Lipinski definition) is 0. The first-order valence-electron chi connectivity index (χ1n) is 7.69. The molecule has 2 aromatic rings. The van der Waals surface area contributed by atoms with Crippen LogP contribution in [0.4, 0.5) is 13.2 Å². The SMILES string of the molecule is COCCn1c(C)cc(C(=O)CSc2ncc(C(F)(F)F)cc2Cl)c1C. The molecule has 2 aromatic heterocycles. The van der Waals surface area contributed by atoms with Crippen molar-refractivity contribution in [1.82, 2.24) is 9.55 Å². The number of ketones is 1.